The Bertz CT molecular complexity index is 601. The summed E-state index contributed by atoms with van der Waals surface area (Å²) in [6.07, 6.45) is 2.66. The van der Waals surface area contributed by atoms with Crippen molar-refractivity contribution in [2.45, 2.75) is 46.3 Å². The van der Waals surface area contributed by atoms with E-state index in [1.165, 1.54) is 0 Å². The fourth-order valence-electron chi connectivity index (χ4n) is 2.42. The maximum atomic E-state index is 6.34. The van der Waals surface area contributed by atoms with Crippen LogP contribution in [-0.4, -0.2) is 36.5 Å². The summed E-state index contributed by atoms with van der Waals surface area (Å²) in [5.74, 6) is 0.963. The molecule has 0 unspecified atom stereocenters. The molecule has 7 heteroatoms. The molecule has 21 heavy (non-hydrogen) atoms. The first-order chi connectivity index (χ1) is 9.93. The van der Waals surface area contributed by atoms with Gasteiger partial charge in [0.15, 0.2) is 0 Å². The van der Waals surface area contributed by atoms with Crippen molar-refractivity contribution in [1.82, 2.24) is 29.4 Å². The molecular formula is C14H23ClN6. The van der Waals surface area contributed by atoms with E-state index in [4.69, 9.17) is 11.6 Å². The summed E-state index contributed by atoms with van der Waals surface area (Å²) >= 11 is 6.34. The van der Waals surface area contributed by atoms with Gasteiger partial charge in [-0.05, 0) is 27.3 Å². The van der Waals surface area contributed by atoms with Crippen LogP contribution in [0.1, 0.15) is 43.9 Å². The SMILES string of the molecule is CCc1nn(C)c(Cl)c1CN(C)Cc1nncn1C(C)C. The Kier molecular flexibility index (Phi) is 5.00. The highest BCUT2D eigenvalue weighted by Crippen LogP contribution is 2.22. The Morgan fingerprint density at radius 2 is 2.05 bits per heavy atom. The van der Waals surface area contributed by atoms with Crippen LogP contribution in [0.4, 0.5) is 0 Å². The van der Waals surface area contributed by atoms with Crippen molar-refractivity contribution in [2.75, 3.05) is 7.05 Å². The third-order valence-electron chi connectivity index (χ3n) is 3.53. The van der Waals surface area contributed by atoms with Crippen LogP contribution in [0.25, 0.3) is 0 Å². The minimum Gasteiger partial charge on any atom is -0.314 e. The summed E-state index contributed by atoms with van der Waals surface area (Å²) in [6.45, 7) is 7.82. The van der Waals surface area contributed by atoms with Crippen LogP contribution in [0.15, 0.2) is 6.33 Å². The van der Waals surface area contributed by atoms with Crippen LogP contribution in [0, 0.1) is 0 Å². The summed E-state index contributed by atoms with van der Waals surface area (Å²) in [5, 5.41) is 13.4. The molecule has 2 aromatic rings. The van der Waals surface area contributed by atoms with E-state index < -0.39 is 0 Å². The third-order valence-corrected chi connectivity index (χ3v) is 4.00. The van der Waals surface area contributed by atoms with Crippen LogP contribution >= 0.6 is 11.6 Å². The number of hydrogen-bond acceptors (Lipinski definition) is 4. The fraction of sp³-hybridized carbons (Fsp3) is 0.643. The molecule has 0 N–H and O–H groups in total. The zero-order chi connectivity index (χ0) is 15.6. The van der Waals surface area contributed by atoms with Crippen LogP contribution in [-0.2, 0) is 26.6 Å². The number of halogens is 1. The topological polar surface area (TPSA) is 51.8 Å². The molecule has 0 saturated heterocycles. The molecule has 0 bridgehead atoms. The Morgan fingerprint density at radius 3 is 2.67 bits per heavy atom. The average Bonchev–Trinajstić information content (AvgIpc) is 2.98. The third kappa shape index (κ3) is 3.44. The maximum Gasteiger partial charge on any atom is 0.147 e. The van der Waals surface area contributed by atoms with Gasteiger partial charge < -0.3 is 4.57 Å². The van der Waals surface area contributed by atoms with Gasteiger partial charge in [-0.1, -0.05) is 18.5 Å². The van der Waals surface area contributed by atoms with Gasteiger partial charge >= 0.3 is 0 Å². The molecule has 0 spiro atoms. The van der Waals surface area contributed by atoms with Crippen molar-refractivity contribution >= 4 is 11.6 Å². The first kappa shape index (κ1) is 16.0. The van der Waals surface area contributed by atoms with E-state index in [0.717, 1.165) is 36.6 Å². The molecule has 0 atom stereocenters. The summed E-state index contributed by atoms with van der Waals surface area (Å²) in [5.41, 5.74) is 2.15. The van der Waals surface area contributed by atoms with E-state index in [9.17, 15) is 0 Å². The van der Waals surface area contributed by atoms with Gasteiger partial charge in [0.1, 0.15) is 17.3 Å². The van der Waals surface area contributed by atoms with E-state index in [1.807, 2.05) is 7.05 Å². The van der Waals surface area contributed by atoms with E-state index >= 15 is 0 Å². The number of hydrogen-bond donors (Lipinski definition) is 0. The van der Waals surface area contributed by atoms with Gasteiger partial charge in [0.25, 0.3) is 0 Å². The fourth-order valence-corrected chi connectivity index (χ4v) is 2.63. The second kappa shape index (κ2) is 6.58. The van der Waals surface area contributed by atoms with Crippen molar-refractivity contribution in [3.63, 3.8) is 0 Å². The van der Waals surface area contributed by atoms with Gasteiger partial charge in [0.2, 0.25) is 0 Å². The minimum atomic E-state index is 0.358. The van der Waals surface area contributed by atoms with E-state index in [-0.39, 0.29) is 0 Å². The molecule has 2 aromatic heterocycles. The van der Waals surface area contributed by atoms with Crippen molar-refractivity contribution in [2.24, 2.45) is 7.05 Å². The quantitative estimate of drug-likeness (QED) is 0.822. The van der Waals surface area contributed by atoms with E-state index in [0.29, 0.717) is 11.2 Å². The first-order valence-electron chi connectivity index (χ1n) is 7.21. The van der Waals surface area contributed by atoms with Crippen LogP contribution < -0.4 is 0 Å². The molecule has 116 valence electrons. The number of aryl methyl sites for hydroxylation is 2. The van der Waals surface area contributed by atoms with Crippen molar-refractivity contribution < 1.29 is 0 Å². The molecule has 2 rings (SSSR count). The molecule has 0 amide bonds. The molecule has 6 nitrogen and oxygen atoms in total. The van der Waals surface area contributed by atoms with Crippen molar-refractivity contribution in [3.05, 3.63) is 28.6 Å². The highest BCUT2D eigenvalue weighted by atomic mass is 35.5. The Balaban J connectivity index is 2.12. The lowest BCUT2D eigenvalue weighted by Crippen LogP contribution is -2.21. The molecule has 0 aliphatic heterocycles. The smallest absolute Gasteiger partial charge is 0.147 e. The normalized spacial score (nSPS) is 11.8. The first-order valence-corrected chi connectivity index (χ1v) is 7.59. The number of nitrogens with zero attached hydrogens (tertiary/aromatic N) is 6. The summed E-state index contributed by atoms with van der Waals surface area (Å²) in [7, 11) is 3.93. The monoisotopic (exact) mass is 310 g/mol. The predicted octanol–water partition coefficient (Wildman–Crippen LogP) is 2.44. The summed E-state index contributed by atoms with van der Waals surface area (Å²) in [4.78, 5) is 2.19. The highest BCUT2D eigenvalue weighted by molar-refractivity contribution is 6.30. The predicted molar refractivity (Wildman–Crippen MR) is 83.2 cm³/mol. The van der Waals surface area contributed by atoms with Gasteiger partial charge in [-0.25, -0.2) is 0 Å². The van der Waals surface area contributed by atoms with Crippen molar-refractivity contribution in [3.8, 4) is 0 Å². The summed E-state index contributed by atoms with van der Waals surface area (Å²) < 4.78 is 3.82. The largest absolute Gasteiger partial charge is 0.314 e. The lowest BCUT2D eigenvalue weighted by Gasteiger charge is -2.18. The second-order valence-corrected chi connectivity index (χ2v) is 5.97. The molecule has 0 aliphatic carbocycles. The Morgan fingerprint density at radius 1 is 1.33 bits per heavy atom. The molecule has 0 radical (unpaired) electrons. The lowest BCUT2D eigenvalue weighted by atomic mass is 10.2. The minimum absolute atomic E-state index is 0.358. The average molecular weight is 311 g/mol. The maximum absolute atomic E-state index is 6.34. The van der Waals surface area contributed by atoms with Gasteiger partial charge in [-0.2, -0.15) is 5.10 Å². The van der Waals surface area contributed by atoms with Crippen LogP contribution in [0.2, 0.25) is 5.15 Å². The zero-order valence-electron chi connectivity index (χ0n) is 13.3. The zero-order valence-corrected chi connectivity index (χ0v) is 14.1. The second-order valence-electron chi connectivity index (χ2n) is 5.61. The standard InChI is InChI=1S/C14H23ClN6/c1-6-12-11(14(15)20(5)18-12)7-19(4)8-13-17-16-9-21(13)10(2)3/h9-10H,6-8H2,1-5H3. The van der Waals surface area contributed by atoms with Gasteiger partial charge in [-0.15, -0.1) is 10.2 Å². The van der Waals surface area contributed by atoms with Gasteiger partial charge in [0, 0.05) is 25.2 Å². The van der Waals surface area contributed by atoms with Gasteiger partial charge in [0.05, 0.1) is 12.2 Å². The molecule has 0 aromatic carbocycles. The van der Waals surface area contributed by atoms with E-state index in [2.05, 4.69) is 52.6 Å². The van der Waals surface area contributed by atoms with Crippen molar-refractivity contribution in [1.29, 1.82) is 0 Å². The van der Waals surface area contributed by atoms with E-state index in [1.54, 1.807) is 11.0 Å². The lowest BCUT2D eigenvalue weighted by molar-refractivity contribution is 0.301. The molecule has 0 fully saturated rings. The molecular weight excluding hydrogens is 288 g/mol. The van der Waals surface area contributed by atoms with Crippen LogP contribution in [0.5, 0.6) is 0 Å². The highest BCUT2D eigenvalue weighted by Gasteiger charge is 2.16. The Labute approximate surface area is 130 Å². The van der Waals surface area contributed by atoms with Gasteiger partial charge in [-0.3, -0.25) is 9.58 Å². The molecule has 0 aliphatic rings. The molecule has 2 heterocycles. The van der Waals surface area contributed by atoms with Crippen LogP contribution in [0.3, 0.4) is 0 Å². The number of rotatable bonds is 6. The molecule has 0 saturated carbocycles. The summed E-state index contributed by atoms with van der Waals surface area (Å²) in [6, 6.07) is 0.358. The Hall–Kier alpha value is -1.40. The number of aromatic nitrogens is 5.